The van der Waals surface area contributed by atoms with E-state index in [0.29, 0.717) is 37.1 Å². The molecular weight excluding hydrogens is 488 g/mol. The summed E-state index contributed by atoms with van der Waals surface area (Å²) in [6.45, 7) is 6.17. The van der Waals surface area contributed by atoms with Gasteiger partial charge in [0.1, 0.15) is 11.6 Å². The van der Waals surface area contributed by atoms with Gasteiger partial charge in [0.05, 0.1) is 18.1 Å². The van der Waals surface area contributed by atoms with Gasteiger partial charge in [-0.2, -0.15) is 5.26 Å². The van der Waals surface area contributed by atoms with Gasteiger partial charge < -0.3 is 24.1 Å². The lowest BCUT2D eigenvalue weighted by molar-refractivity contribution is -0.133. The van der Waals surface area contributed by atoms with Crippen LogP contribution < -0.4 is 11.1 Å². The Labute approximate surface area is 220 Å². The Balaban J connectivity index is 1.39. The highest BCUT2D eigenvalue weighted by molar-refractivity contribution is 5.83. The van der Waals surface area contributed by atoms with Crippen molar-refractivity contribution >= 4 is 23.1 Å². The van der Waals surface area contributed by atoms with Gasteiger partial charge in [-0.15, -0.1) is 0 Å². The Morgan fingerprint density at radius 3 is 2.58 bits per heavy atom. The van der Waals surface area contributed by atoms with Crippen LogP contribution in [0.25, 0.3) is 22.2 Å². The maximum atomic E-state index is 12.9. The van der Waals surface area contributed by atoms with Crippen LogP contribution in [0.3, 0.4) is 0 Å². The Hall–Kier alpha value is -4.10. The summed E-state index contributed by atoms with van der Waals surface area (Å²) in [6.07, 6.45) is -0.495. The minimum absolute atomic E-state index is 0.0557. The van der Waals surface area contributed by atoms with Crippen molar-refractivity contribution < 1.29 is 23.5 Å². The average molecular weight is 521 g/mol. The van der Waals surface area contributed by atoms with Crippen molar-refractivity contribution in [2.75, 3.05) is 19.7 Å². The number of oxazole rings is 1. The monoisotopic (exact) mass is 520 g/mol. The predicted octanol–water partition coefficient (Wildman–Crippen LogP) is 3.38. The molecule has 0 saturated carbocycles. The van der Waals surface area contributed by atoms with Crippen LogP contribution in [-0.4, -0.2) is 58.9 Å². The molecule has 1 N–H and O–H groups in total. The van der Waals surface area contributed by atoms with E-state index in [1.807, 2.05) is 36.4 Å². The zero-order valence-electron chi connectivity index (χ0n) is 22.0. The van der Waals surface area contributed by atoms with E-state index in [0.717, 1.165) is 16.7 Å². The largest absolute Gasteiger partial charge is 0.444 e. The first-order valence-corrected chi connectivity index (χ1v) is 12.5. The van der Waals surface area contributed by atoms with Gasteiger partial charge in [0.15, 0.2) is 11.7 Å². The lowest BCUT2D eigenvalue weighted by Gasteiger charge is -2.27. The molecule has 2 atom stereocenters. The number of hydrogen-bond donors (Lipinski definition) is 1. The molecule has 10 nitrogen and oxygen atoms in total. The number of aryl methyl sites for hydroxylation is 1. The van der Waals surface area contributed by atoms with Gasteiger partial charge in [0.2, 0.25) is 0 Å². The minimum atomic E-state index is -0.892. The van der Waals surface area contributed by atoms with Crippen molar-refractivity contribution in [1.29, 1.82) is 5.26 Å². The van der Waals surface area contributed by atoms with E-state index in [1.54, 1.807) is 33.9 Å². The number of hydrogen-bond acceptors (Lipinski definition) is 7. The maximum absolute atomic E-state index is 12.9. The molecular formula is C28H32N4O6. The van der Waals surface area contributed by atoms with Crippen LogP contribution in [0.2, 0.25) is 0 Å². The molecule has 2 amide bonds. The van der Waals surface area contributed by atoms with Crippen molar-refractivity contribution in [2.24, 2.45) is 7.05 Å². The Kier molecular flexibility index (Phi) is 7.88. The van der Waals surface area contributed by atoms with Crippen LogP contribution >= 0.6 is 0 Å². The summed E-state index contributed by atoms with van der Waals surface area (Å²) < 4.78 is 17.8. The highest BCUT2D eigenvalue weighted by Gasteiger charge is 2.31. The van der Waals surface area contributed by atoms with Crippen molar-refractivity contribution in [1.82, 2.24) is 14.8 Å². The summed E-state index contributed by atoms with van der Waals surface area (Å²) in [4.78, 5) is 38.7. The van der Waals surface area contributed by atoms with Gasteiger partial charge in [0, 0.05) is 26.6 Å². The van der Waals surface area contributed by atoms with E-state index in [4.69, 9.17) is 13.9 Å². The standard InChI is InChI=1S/C28H32N4O6/c1-28(2,3)38-27(35)32-12-5-13-36-24(17-32)25(33)30-21(16-29)14-18-6-8-19(9-7-18)20-10-11-23-22(15-20)31(4)26(34)37-23/h6-11,15,21,24H,5,12-14,17H2,1-4H3,(H,30,33)/t21-,24-/m0/s1. The first-order chi connectivity index (χ1) is 18.0. The lowest BCUT2D eigenvalue weighted by atomic mass is 10.0. The summed E-state index contributed by atoms with van der Waals surface area (Å²) in [7, 11) is 1.66. The first-order valence-electron chi connectivity index (χ1n) is 12.5. The molecule has 2 heterocycles. The highest BCUT2D eigenvalue weighted by Crippen LogP contribution is 2.24. The molecule has 1 fully saturated rings. The summed E-state index contributed by atoms with van der Waals surface area (Å²) in [5, 5.41) is 12.4. The van der Waals surface area contributed by atoms with Crippen LogP contribution in [0.15, 0.2) is 51.7 Å². The van der Waals surface area contributed by atoms with Crippen molar-refractivity contribution in [2.45, 2.75) is 51.4 Å². The molecule has 38 heavy (non-hydrogen) atoms. The van der Waals surface area contributed by atoms with E-state index in [1.165, 1.54) is 9.47 Å². The topological polar surface area (TPSA) is 127 Å². The van der Waals surface area contributed by atoms with Crippen LogP contribution in [0.4, 0.5) is 4.79 Å². The Morgan fingerprint density at radius 2 is 1.89 bits per heavy atom. The number of fused-ring (bicyclic) bond motifs is 1. The molecule has 0 aliphatic carbocycles. The number of nitriles is 1. The molecule has 0 unspecified atom stereocenters. The molecule has 1 aromatic heterocycles. The minimum Gasteiger partial charge on any atom is -0.444 e. The smallest absolute Gasteiger partial charge is 0.419 e. The van der Waals surface area contributed by atoms with Crippen molar-refractivity contribution in [3.8, 4) is 17.2 Å². The van der Waals surface area contributed by atoms with Crippen molar-refractivity contribution in [3.05, 3.63) is 58.6 Å². The second-order valence-corrected chi connectivity index (χ2v) is 10.3. The quantitative estimate of drug-likeness (QED) is 0.546. The van der Waals surface area contributed by atoms with Crippen LogP contribution in [0.5, 0.6) is 0 Å². The molecule has 10 heteroatoms. The molecule has 3 aromatic rings. The van der Waals surface area contributed by atoms with Gasteiger partial charge in [-0.3, -0.25) is 9.36 Å². The number of ether oxygens (including phenoxy) is 2. The zero-order chi connectivity index (χ0) is 27.4. The number of nitrogens with zero attached hydrogens (tertiary/aromatic N) is 3. The third-order valence-corrected chi connectivity index (χ3v) is 6.21. The van der Waals surface area contributed by atoms with Gasteiger partial charge in [0.25, 0.3) is 5.91 Å². The highest BCUT2D eigenvalue weighted by atomic mass is 16.6. The lowest BCUT2D eigenvalue weighted by Crippen LogP contribution is -2.48. The van der Waals surface area contributed by atoms with Gasteiger partial charge in [-0.05, 0) is 56.0 Å². The van der Waals surface area contributed by atoms with Gasteiger partial charge >= 0.3 is 11.8 Å². The summed E-state index contributed by atoms with van der Waals surface area (Å²) in [6, 6.07) is 14.6. The Morgan fingerprint density at radius 1 is 1.18 bits per heavy atom. The van der Waals surface area contributed by atoms with E-state index in [2.05, 4.69) is 11.4 Å². The van der Waals surface area contributed by atoms with E-state index in [-0.39, 0.29) is 6.54 Å². The number of aromatic nitrogens is 1. The fraction of sp³-hybridized carbons (Fsp3) is 0.429. The molecule has 0 bridgehead atoms. The molecule has 1 aliphatic rings. The molecule has 1 saturated heterocycles. The normalized spacial score (nSPS) is 16.9. The average Bonchev–Trinajstić information content (AvgIpc) is 3.03. The summed E-state index contributed by atoms with van der Waals surface area (Å²) in [5.74, 6) is -0.855. The SMILES string of the molecule is Cn1c(=O)oc2ccc(-c3ccc(C[C@@H](C#N)NC(=O)[C@@H]4CN(C(=O)OC(C)(C)C)CCCO4)cc3)cc21. The second-order valence-electron chi connectivity index (χ2n) is 10.3. The van der Waals surface area contributed by atoms with Crippen molar-refractivity contribution in [3.63, 3.8) is 0 Å². The van der Waals surface area contributed by atoms with E-state index >= 15 is 0 Å². The Bertz CT molecular complexity index is 1410. The maximum Gasteiger partial charge on any atom is 0.419 e. The second kappa shape index (κ2) is 11.1. The third-order valence-electron chi connectivity index (χ3n) is 6.21. The molecule has 200 valence electrons. The molecule has 2 aromatic carbocycles. The summed E-state index contributed by atoms with van der Waals surface area (Å²) >= 11 is 0. The summed E-state index contributed by atoms with van der Waals surface area (Å²) in [5.41, 5.74) is 3.32. The number of benzene rings is 2. The van der Waals surface area contributed by atoms with Crippen LogP contribution in [-0.2, 0) is 27.7 Å². The fourth-order valence-electron chi connectivity index (χ4n) is 4.24. The third kappa shape index (κ3) is 6.42. The predicted molar refractivity (Wildman–Crippen MR) is 140 cm³/mol. The fourth-order valence-corrected chi connectivity index (χ4v) is 4.24. The van der Waals surface area contributed by atoms with Gasteiger partial charge in [-0.25, -0.2) is 9.59 Å². The number of amides is 2. The van der Waals surface area contributed by atoms with Crippen LogP contribution in [0.1, 0.15) is 32.8 Å². The molecule has 0 spiro atoms. The first kappa shape index (κ1) is 26.9. The number of carbonyl (C=O) groups is 2. The number of carbonyl (C=O) groups excluding carboxylic acids is 2. The van der Waals surface area contributed by atoms with E-state index in [9.17, 15) is 19.6 Å². The van der Waals surface area contributed by atoms with E-state index < -0.39 is 35.5 Å². The molecule has 4 rings (SSSR count). The van der Waals surface area contributed by atoms with Crippen LogP contribution in [0, 0.1) is 11.3 Å². The zero-order valence-corrected chi connectivity index (χ0v) is 22.0. The molecule has 1 aliphatic heterocycles. The molecule has 0 radical (unpaired) electrons. The van der Waals surface area contributed by atoms with Gasteiger partial charge in [-0.1, -0.05) is 30.3 Å². The number of rotatable bonds is 5. The number of nitrogens with one attached hydrogen (secondary N) is 1.